The Balaban J connectivity index is 4.56. The number of hydrogen-bond donors (Lipinski definition) is 3. The molecule has 0 saturated carbocycles. The minimum absolute atomic E-state index is 0.0640. The van der Waals surface area contributed by atoms with Crippen LogP contribution in [-0.2, 0) is 14.3 Å². The standard InChI is InChI=1S/C10H20N2O4/c1-4-10(2,6-11)9(15)12-7(5-16-3)8(13)14/h7H,4-6,11H2,1-3H3,(H,12,15)(H,13,14). The first-order valence-electron chi connectivity index (χ1n) is 5.14. The summed E-state index contributed by atoms with van der Waals surface area (Å²) in [4.78, 5) is 22.6. The zero-order valence-electron chi connectivity index (χ0n) is 9.95. The van der Waals surface area contributed by atoms with Gasteiger partial charge >= 0.3 is 5.97 Å². The van der Waals surface area contributed by atoms with Gasteiger partial charge in [0.05, 0.1) is 12.0 Å². The molecule has 1 amide bonds. The van der Waals surface area contributed by atoms with Crippen LogP contribution in [0.15, 0.2) is 0 Å². The highest BCUT2D eigenvalue weighted by Crippen LogP contribution is 2.19. The molecular weight excluding hydrogens is 212 g/mol. The number of carboxylic acid groups (broad SMARTS) is 1. The summed E-state index contributed by atoms with van der Waals surface area (Å²) in [7, 11) is 1.38. The largest absolute Gasteiger partial charge is 0.480 e. The maximum atomic E-state index is 11.8. The predicted octanol–water partition coefficient (Wildman–Crippen LogP) is -0.423. The fourth-order valence-electron chi connectivity index (χ4n) is 1.07. The summed E-state index contributed by atoms with van der Waals surface area (Å²) in [6.07, 6.45) is 0.550. The fraction of sp³-hybridized carbons (Fsp3) is 0.800. The van der Waals surface area contributed by atoms with Gasteiger partial charge in [0.25, 0.3) is 0 Å². The molecule has 0 bridgehead atoms. The molecule has 0 aromatic carbocycles. The molecule has 4 N–H and O–H groups in total. The van der Waals surface area contributed by atoms with Crippen LogP contribution in [0.5, 0.6) is 0 Å². The highest BCUT2D eigenvalue weighted by Gasteiger charge is 2.32. The van der Waals surface area contributed by atoms with Crippen molar-refractivity contribution in [2.45, 2.75) is 26.3 Å². The highest BCUT2D eigenvalue weighted by atomic mass is 16.5. The average Bonchev–Trinajstić information content (AvgIpc) is 2.26. The minimum atomic E-state index is -1.12. The molecule has 94 valence electrons. The molecule has 0 aliphatic carbocycles. The van der Waals surface area contributed by atoms with Gasteiger partial charge in [-0.1, -0.05) is 6.92 Å². The Morgan fingerprint density at radius 3 is 2.44 bits per heavy atom. The number of methoxy groups -OCH3 is 1. The molecule has 0 rings (SSSR count). The van der Waals surface area contributed by atoms with Gasteiger partial charge in [-0.15, -0.1) is 0 Å². The van der Waals surface area contributed by atoms with E-state index in [0.717, 1.165) is 0 Å². The lowest BCUT2D eigenvalue weighted by molar-refractivity contribution is -0.145. The van der Waals surface area contributed by atoms with Crippen molar-refractivity contribution in [3.63, 3.8) is 0 Å². The van der Waals surface area contributed by atoms with Crippen molar-refractivity contribution < 1.29 is 19.4 Å². The molecular formula is C10H20N2O4. The second-order valence-corrected chi connectivity index (χ2v) is 3.94. The van der Waals surface area contributed by atoms with E-state index in [-0.39, 0.29) is 19.1 Å². The molecule has 6 heteroatoms. The molecule has 0 fully saturated rings. The summed E-state index contributed by atoms with van der Waals surface area (Å²) in [6, 6.07) is -1.03. The van der Waals surface area contributed by atoms with Gasteiger partial charge in [0.15, 0.2) is 6.04 Å². The number of nitrogens with two attached hydrogens (primary N) is 1. The third-order valence-corrected chi connectivity index (χ3v) is 2.72. The van der Waals surface area contributed by atoms with Gasteiger partial charge < -0.3 is 20.9 Å². The van der Waals surface area contributed by atoms with Gasteiger partial charge in [0.1, 0.15) is 0 Å². The molecule has 2 atom stereocenters. The third kappa shape index (κ3) is 3.79. The number of carboxylic acids is 1. The number of ether oxygens (including phenoxy) is 1. The Hall–Kier alpha value is -1.14. The summed E-state index contributed by atoms with van der Waals surface area (Å²) < 4.78 is 4.72. The van der Waals surface area contributed by atoms with E-state index in [1.54, 1.807) is 6.92 Å². The van der Waals surface area contributed by atoms with Crippen molar-refractivity contribution in [3.05, 3.63) is 0 Å². The molecule has 0 aliphatic heterocycles. The lowest BCUT2D eigenvalue weighted by atomic mass is 9.86. The van der Waals surface area contributed by atoms with Gasteiger partial charge in [0, 0.05) is 13.7 Å². The Kier molecular flexibility index (Phi) is 5.98. The molecule has 0 radical (unpaired) electrons. The van der Waals surface area contributed by atoms with Crippen molar-refractivity contribution >= 4 is 11.9 Å². The van der Waals surface area contributed by atoms with Gasteiger partial charge in [-0.3, -0.25) is 4.79 Å². The van der Waals surface area contributed by atoms with E-state index in [2.05, 4.69) is 5.32 Å². The molecule has 6 nitrogen and oxygen atoms in total. The number of amides is 1. The molecule has 0 heterocycles. The number of hydrogen-bond acceptors (Lipinski definition) is 4. The SMILES string of the molecule is CCC(C)(CN)C(=O)NC(COC)C(=O)O. The second kappa shape index (κ2) is 6.44. The lowest BCUT2D eigenvalue weighted by Crippen LogP contribution is -2.51. The summed E-state index contributed by atoms with van der Waals surface area (Å²) >= 11 is 0. The Labute approximate surface area is 95.1 Å². The Morgan fingerprint density at radius 1 is 1.56 bits per heavy atom. The van der Waals surface area contributed by atoms with Crippen LogP contribution in [0.4, 0.5) is 0 Å². The molecule has 0 aromatic heterocycles. The molecule has 16 heavy (non-hydrogen) atoms. The first kappa shape index (κ1) is 14.9. The molecule has 0 aromatic rings. The van der Waals surface area contributed by atoms with Crippen LogP contribution < -0.4 is 11.1 Å². The van der Waals surface area contributed by atoms with Gasteiger partial charge in [-0.05, 0) is 13.3 Å². The first-order valence-corrected chi connectivity index (χ1v) is 5.14. The van der Waals surface area contributed by atoms with Crippen molar-refractivity contribution in [2.75, 3.05) is 20.3 Å². The van der Waals surface area contributed by atoms with Crippen LogP contribution in [0.2, 0.25) is 0 Å². The number of nitrogens with one attached hydrogen (secondary N) is 1. The summed E-state index contributed by atoms with van der Waals surface area (Å²) in [5, 5.41) is 11.3. The Bertz CT molecular complexity index is 251. The fourth-order valence-corrected chi connectivity index (χ4v) is 1.07. The van der Waals surface area contributed by atoms with E-state index in [4.69, 9.17) is 15.6 Å². The topological polar surface area (TPSA) is 102 Å². The molecule has 0 spiro atoms. The average molecular weight is 232 g/mol. The second-order valence-electron chi connectivity index (χ2n) is 3.94. The summed E-state index contributed by atoms with van der Waals surface area (Å²) in [6.45, 7) is 3.65. The predicted molar refractivity (Wildman–Crippen MR) is 58.9 cm³/mol. The van der Waals surface area contributed by atoms with Crippen LogP contribution in [0.25, 0.3) is 0 Å². The Morgan fingerprint density at radius 2 is 2.12 bits per heavy atom. The van der Waals surface area contributed by atoms with Crippen LogP contribution in [0.1, 0.15) is 20.3 Å². The van der Waals surface area contributed by atoms with Crippen molar-refractivity contribution in [1.29, 1.82) is 0 Å². The minimum Gasteiger partial charge on any atom is -0.480 e. The molecule has 0 aliphatic rings. The highest BCUT2D eigenvalue weighted by molar-refractivity contribution is 5.87. The quantitative estimate of drug-likeness (QED) is 0.553. The zero-order valence-corrected chi connectivity index (χ0v) is 9.95. The van der Waals surface area contributed by atoms with Crippen LogP contribution >= 0.6 is 0 Å². The van der Waals surface area contributed by atoms with E-state index in [9.17, 15) is 9.59 Å². The molecule has 2 unspecified atom stereocenters. The monoisotopic (exact) mass is 232 g/mol. The zero-order chi connectivity index (χ0) is 12.8. The smallest absolute Gasteiger partial charge is 0.328 e. The molecule has 0 saturated heterocycles. The maximum absolute atomic E-state index is 11.8. The number of carbonyl (C=O) groups is 2. The first-order chi connectivity index (χ1) is 7.41. The van der Waals surface area contributed by atoms with Gasteiger partial charge in [0.2, 0.25) is 5.91 Å². The number of rotatable bonds is 7. The third-order valence-electron chi connectivity index (χ3n) is 2.72. The van der Waals surface area contributed by atoms with Gasteiger partial charge in [-0.2, -0.15) is 0 Å². The van der Waals surface area contributed by atoms with Gasteiger partial charge in [-0.25, -0.2) is 4.79 Å². The van der Waals surface area contributed by atoms with Crippen molar-refractivity contribution in [1.82, 2.24) is 5.32 Å². The lowest BCUT2D eigenvalue weighted by Gasteiger charge is -2.26. The summed E-state index contributed by atoms with van der Waals surface area (Å²) in [5.74, 6) is -1.48. The number of carbonyl (C=O) groups excluding carboxylic acids is 1. The van der Waals surface area contributed by atoms with E-state index in [0.29, 0.717) is 6.42 Å². The van der Waals surface area contributed by atoms with E-state index < -0.39 is 17.4 Å². The van der Waals surface area contributed by atoms with E-state index >= 15 is 0 Å². The van der Waals surface area contributed by atoms with Crippen LogP contribution in [-0.4, -0.2) is 43.3 Å². The summed E-state index contributed by atoms with van der Waals surface area (Å²) in [5.41, 5.74) is 4.77. The maximum Gasteiger partial charge on any atom is 0.328 e. The van der Waals surface area contributed by atoms with Crippen LogP contribution in [0.3, 0.4) is 0 Å². The number of aliphatic carboxylic acids is 1. The van der Waals surface area contributed by atoms with Crippen LogP contribution in [0, 0.1) is 5.41 Å². The van der Waals surface area contributed by atoms with Crippen molar-refractivity contribution in [2.24, 2.45) is 11.1 Å². The van der Waals surface area contributed by atoms with E-state index in [1.165, 1.54) is 7.11 Å². The normalized spacial score (nSPS) is 16.2. The van der Waals surface area contributed by atoms with E-state index in [1.807, 2.05) is 6.92 Å². The van der Waals surface area contributed by atoms with Crippen molar-refractivity contribution in [3.8, 4) is 0 Å².